The maximum Gasteiger partial charge on any atom is 0.191 e. The predicted octanol–water partition coefficient (Wildman–Crippen LogP) is 5.05. The number of aromatic hydroxyl groups is 1. The number of aromatic nitrogens is 2. The molecule has 0 aliphatic rings. The summed E-state index contributed by atoms with van der Waals surface area (Å²) >= 11 is 5.27. The number of hydrogen-bond acceptors (Lipinski definition) is 5. The second-order valence-electron chi connectivity index (χ2n) is 7.83. The third-order valence-corrected chi connectivity index (χ3v) is 5.48. The Kier molecular flexibility index (Phi) is 8.32. The minimum atomic E-state index is 0.0719. The van der Waals surface area contributed by atoms with Gasteiger partial charge in [-0.3, -0.25) is 14.9 Å². The second kappa shape index (κ2) is 11.4. The summed E-state index contributed by atoms with van der Waals surface area (Å²) in [6.07, 6.45) is 5.45. The third-order valence-electron chi connectivity index (χ3n) is 5.29. The fourth-order valence-corrected chi connectivity index (χ4v) is 3.64. The van der Waals surface area contributed by atoms with Crippen LogP contribution >= 0.6 is 12.2 Å². The maximum absolute atomic E-state index is 10.9. The maximum atomic E-state index is 10.9. The van der Waals surface area contributed by atoms with Crippen molar-refractivity contribution in [1.82, 2.24) is 15.2 Å². The average Bonchev–Trinajstić information content (AvgIpc) is 3.12. The van der Waals surface area contributed by atoms with Gasteiger partial charge in [-0.1, -0.05) is 44.0 Å². The highest BCUT2D eigenvalue weighted by molar-refractivity contribution is 7.80. The lowest BCUT2D eigenvalue weighted by atomic mass is 10.0. The molecule has 0 saturated carbocycles. The third kappa shape index (κ3) is 6.26. The molecule has 7 nitrogen and oxygen atoms in total. The van der Waals surface area contributed by atoms with Crippen molar-refractivity contribution in [2.45, 2.75) is 39.5 Å². The number of rotatable bonds is 9. The second-order valence-corrected chi connectivity index (χ2v) is 8.23. The summed E-state index contributed by atoms with van der Waals surface area (Å²) in [5.41, 5.74) is 7.77. The van der Waals surface area contributed by atoms with E-state index in [0.29, 0.717) is 22.7 Å². The van der Waals surface area contributed by atoms with Crippen molar-refractivity contribution in [3.63, 3.8) is 0 Å². The molecule has 172 valence electrons. The number of benzene rings is 2. The van der Waals surface area contributed by atoms with Crippen LogP contribution in [0.2, 0.25) is 0 Å². The fourth-order valence-electron chi connectivity index (χ4n) is 3.48. The molecule has 33 heavy (non-hydrogen) atoms. The summed E-state index contributed by atoms with van der Waals surface area (Å²) in [6, 6.07) is 15.1. The zero-order valence-corrected chi connectivity index (χ0v) is 19.9. The molecule has 0 amide bonds. The lowest BCUT2D eigenvalue weighted by molar-refractivity contribution is 0.112. The van der Waals surface area contributed by atoms with Gasteiger partial charge >= 0.3 is 0 Å². The van der Waals surface area contributed by atoms with E-state index in [1.807, 2.05) is 12.1 Å². The average molecular weight is 464 g/mol. The van der Waals surface area contributed by atoms with Crippen molar-refractivity contribution >= 4 is 35.0 Å². The molecule has 8 heteroatoms. The van der Waals surface area contributed by atoms with Crippen molar-refractivity contribution in [2.24, 2.45) is 12.1 Å². The molecule has 0 fully saturated rings. The number of carbonyl (C=O) groups is 1. The Morgan fingerprint density at radius 2 is 1.85 bits per heavy atom. The zero-order chi connectivity index (χ0) is 23.8. The molecule has 3 aromatic rings. The molecule has 0 aliphatic carbocycles. The van der Waals surface area contributed by atoms with Crippen LogP contribution in [0, 0.1) is 0 Å². The molecule has 0 saturated heterocycles. The molecule has 0 bridgehead atoms. The number of aldehydes is 1. The monoisotopic (exact) mass is 463 g/mol. The van der Waals surface area contributed by atoms with Gasteiger partial charge in [-0.15, -0.1) is 0 Å². The first-order valence-corrected chi connectivity index (χ1v) is 11.4. The number of nitrogens with one attached hydrogen (secondary N) is 2. The largest absolute Gasteiger partial charge is 0.504 e. The first-order chi connectivity index (χ1) is 15.9. The van der Waals surface area contributed by atoms with Crippen LogP contribution in [0.3, 0.4) is 0 Å². The van der Waals surface area contributed by atoms with Crippen molar-refractivity contribution in [3.8, 4) is 17.0 Å². The molecule has 1 aromatic heterocycles. The Balaban J connectivity index is 1.69. The zero-order valence-electron chi connectivity index (χ0n) is 19.1. The molecule has 1 heterocycles. The number of anilines is 1. The van der Waals surface area contributed by atoms with Gasteiger partial charge in [0.2, 0.25) is 0 Å². The quantitative estimate of drug-likeness (QED) is 0.135. The molecule has 2 aromatic carbocycles. The van der Waals surface area contributed by atoms with E-state index in [0.717, 1.165) is 24.0 Å². The van der Waals surface area contributed by atoms with E-state index in [1.54, 1.807) is 42.9 Å². The van der Waals surface area contributed by atoms with E-state index in [1.165, 1.54) is 24.8 Å². The van der Waals surface area contributed by atoms with Crippen LogP contribution in [0.1, 0.15) is 54.7 Å². The number of unbranched alkanes of at least 4 members (excludes halogenated alkanes) is 2. The number of hydrogen-bond donors (Lipinski definition) is 3. The summed E-state index contributed by atoms with van der Waals surface area (Å²) in [5, 5.41) is 22.8. The summed E-state index contributed by atoms with van der Waals surface area (Å²) in [5.74, 6) is 0.0719. The van der Waals surface area contributed by atoms with Crippen LogP contribution in [0.15, 0.2) is 53.6 Å². The molecular weight excluding hydrogens is 434 g/mol. The van der Waals surface area contributed by atoms with Crippen LogP contribution in [0.5, 0.6) is 5.75 Å². The van der Waals surface area contributed by atoms with Crippen molar-refractivity contribution in [2.75, 3.05) is 5.32 Å². The summed E-state index contributed by atoms with van der Waals surface area (Å²) in [4.78, 5) is 10.8. The lowest BCUT2D eigenvalue weighted by Gasteiger charge is -2.07. The Labute approximate surface area is 199 Å². The van der Waals surface area contributed by atoms with Crippen LogP contribution in [-0.2, 0) is 13.5 Å². The minimum absolute atomic E-state index is 0.0719. The molecule has 0 atom stereocenters. The SMILES string of the molecule is CCCCCc1ccc(-c2c(O)c(/C(C)=N/NC(=S)Nc3ccc(C=O)cc3)nn2C)cc1. The summed E-state index contributed by atoms with van der Waals surface area (Å²) in [7, 11) is 1.80. The molecule has 0 aliphatic heterocycles. The van der Waals surface area contributed by atoms with Crippen molar-refractivity contribution < 1.29 is 9.90 Å². The van der Waals surface area contributed by atoms with E-state index < -0.39 is 0 Å². The standard InChI is InChI=1S/C25H29N5O2S/c1-4-5-6-7-18-8-12-20(13-9-18)23-24(32)22(29-30(23)3)17(2)27-28-25(33)26-21-14-10-19(16-31)11-15-21/h8-16,32H,4-7H2,1-3H3,(H2,26,28,33)/b27-17+. The van der Waals surface area contributed by atoms with Crippen molar-refractivity contribution in [3.05, 3.63) is 65.4 Å². The van der Waals surface area contributed by atoms with E-state index in [9.17, 15) is 9.90 Å². The molecule has 0 radical (unpaired) electrons. The Morgan fingerprint density at radius 3 is 2.48 bits per heavy atom. The van der Waals surface area contributed by atoms with Gasteiger partial charge in [0.15, 0.2) is 16.6 Å². The van der Waals surface area contributed by atoms with E-state index in [2.05, 4.69) is 40.0 Å². The lowest BCUT2D eigenvalue weighted by Crippen LogP contribution is -2.25. The van der Waals surface area contributed by atoms with Gasteiger partial charge in [0, 0.05) is 23.9 Å². The Morgan fingerprint density at radius 1 is 1.15 bits per heavy atom. The van der Waals surface area contributed by atoms with Gasteiger partial charge in [-0.2, -0.15) is 10.2 Å². The van der Waals surface area contributed by atoms with E-state index in [-0.39, 0.29) is 10.9 Å². The first kappa shape index (κ1) is 24.1. The summed E-state index contributed by atoms with van der Waals surface area (Å²) in [6.45, 7) is 3.95. The Hall–Kier alpha value is -3.52. The van der Waals surface area contributed by atoms with Crippen LogP contribution in [0.25, 0.3) is 11.3 Å². The number of hydrazone groups is 1. The predicted molar refractivity (Wildman–Crippen MR) is 137 cm³/mol. The number of aryl methyl sites for hydroxylation is 2. The summed E-state index contributed by atoms with van der Waals surface area (Å²) < 4.78 is 1.65. The number of nitrogens with zero attached hydrogens (tertiary/aromatic N) is 3. The van der Waals surface area contributed by atoms with Crippen molar-refractivity contribution in [1.29, 1.82) is 0 Å². The van der Waals surface area contributed by atoms with Gasteiger partial charge in [0.1, 0.15) is 12.0 Å². The van der Waals surface area contributed by atoms with E-state index in [4.69, 9.17) is 12.2 Å². The highest BCUT2D eigenvalue weighted by atomic mass is 32.1. The first-order valence-electron chi connectivity index (χ1n) is 10.9. The van der Waals surface area contributed by atoms with Gasteiger partial charge in [0.05, 0.1) is 5.71 Å². The molecule has 3 N–H and O–H groups in total. The van der Waals surface area contributed by atoms with Crippen LogP contribution in [-0.4, -0.2) is 32.0 Å². The highest BCUT2D eigenvalue weighted by Crippen LogP contribution is 2.32. The smallest absolute Gasteiger partial charge is 0.191 e. The molecular formula is C25H29N5O2S. The van der Waals surface area contributed by atoms with Gasteiger partial charge in [0.25, 0.3) is 0 Å². The highest BCUT2D eigenvalue weighted by Gasteiger charge is 2.19. The van der Waals surface area contributed by atoms with Crippen LogP contribution in [0.4, 0.5) is 5.69 Å². The fraction of sp³-hybridized carbons (Fsp3) is 0.280. The normalized spacial score (nSPS) is 11.3. The molecule has 0 spiro atoms. The topological polar surface area (TPSA) is 91.5 Å². The Bertz CT molecular complexity index is 1130. The van der Waals surface area contributed by atoms with Gasteiger partial charge in [-0.05, 0) is 61.8 Å². The van der Waals surface area contributed by atoms with Crippen LogP contribution < -0.4 is 10.7 Å². The number of thiocarbonyl (C=S) groups is 1. The molecule has 0 unspecified atom stereocenters. The van der Waals surface area contributed by atoms with Gasteiger partial charge < -0.3 is 10.4 Å². The number of carbonyl (C=O) groups excluding carboxylic acids is 1. The minimum Gasteiger partial charge on any atom is -0.504 e. The van der Waals surface area contributed by atoms with E-state index >= 15 is 0 Å². The molecule has 3 rings (SSSR count). The van der Waals surface area contributed by atoms with Gasteiger partial charge in [-0.25, -0.2) is 0 Å².